The first-order valence-corrected chi connectivity index (χ1v) is 8.92. The van der Waals surface area contributed by atoms with E-state index in [9.17, 15) is 0 Å². The Kier molecular flexibility index (Phi) is 3.57. The molecule has 124 valence electrons. The molecule has 1 aliphatic rings. The molecule has 1 aliphatic carbocycles. The van der Waals surface area contributed by atoms with E-state index >= 15 is 0 Å². The normalized spacial score (nSPS) is 11.7. The minimum Gasteiger partial charge on any atom is -0.456 e. The average molecular weight is 334 g/mol. The highest BCUT2D eigenvalue weighted by Gasteiger charge is 2.21. The second-order valence-electron chi connectivity index (χ2n) is 6.58. The molecule has 26 heavy (non-hydrogen) atoms. The van der Waals surface area contributed by atoms with Crippen molar-refractivity contribution in [3.05, 3.63) is 108 Å². The van der Waals surface area contributed by atoms with E-state index in [0.717, 1.165) is 23.5 Å². The lowest BCUT2D eigenvalue weighted by atomic mass is 10.0. The molecule has 0 radical (unpaired) electrons. The van der Waals surface area contributed by atoms with Gasteiger partial charge in [-0.1, -0.05) is 84.9 Å². The number of benzene rings is 4. The van der Waals surface area contributed by atoms with Crippen molar-refractivity contribution in [2.75, 3.05) is 0 Å². The van der Waals surface area contributed by atoms with Crippen LogP contribution in [-0.4, -0.2) is 0 Å². The summed E-state index contributed by atoms with van der Waals surface area (Å²) in [4.78, 5) is 0. The van der Waals surface area contributed by atoms with E-state index in [1.807, 2.05) is 18.2 Å². The predicted octanol–water partition coefficient (Wildman–Crippen LogP) is 6.72. The highest BCUT2D eigenvalue weighted by molar-refractivity contribution is 5.79. The van der Waals surface area contributed by atoms with Crippen LogP contribution in [0.15, 0.2) is 97.1 Å². The number of hydrogen-bond donors (Lipinski definition) is 0. The molecule has 0 saturated carbocycles. The van der Waals surface area contributed by atoms with Crippen molar-refractivity contribution in [3.8, 4) is 33.8 Å². The van der Waals surface area contributed by atoms with Crippen LogP contribution in [0.25, 0.3) is 22.3 Å². The molecule has 0 amide bonds. The van der Waals surface area contributed by atoms with Crippen molar-refractivity contribution in [3.63, 3.8) is 0 Å². The van der Waals surface area contributed by atoms with E-state index in [1.54, 1.807) is 0 Å². The molecule has 0 unspecified atom stereocenters. The lowest BCUT2D eigenvalue weighted by molar-refractivity contribution is 0.480. The van der Waals surface area contributed by atoms with Crippen molar-refractivity contribution in [1.82, 2.24) is 0 Å². The Balaban J connectivity index is 1.57. The third kappa shape index (κ3) is 2.49. The molecule has 0 spiro atoms. The Morgan fingerprint density at radius 1 is 0.500 bits per heavy atom. The van der Waals surface area contributed by atoms with Crippen LogP contribution in [0, 0.1) is 0 Å². The molecule has 1 nitrogen and oxygen atoms in total. The van der Waals surface area contributed by atoms with Crippen molar-refractivity contribution < 1.29 is 4.74 Å². The highest BCUT2D eigenvalue weighted by atomic mass is 16.5. The molecule has 0 aromatic heterocycles. The summed E-state index contributed by atoms with van der Waals surface area (Å²) in [5.41, 5.74) is 7.53. The summed E-state index contributed by atoms with van der Waals surface area (Å²) in [7, 11) is 0. The summed E-state index contributed by atoms with van der Waals surface area (Å²) in [6.07, 6.45) is 0.926. The third-order valence-electron chi connectivity index (χ3n) is 5.00. The Morgan fingerprint density at radius 3 is 2.04 bits per heavy atom. The molecule has 0 atom stereocenters. The van der Waals surface area contributed by atoms with Gasteiger partial charge in [-0.2, -0.15) is 0 Å². The molecule has 0 bridgehead atoms. The predicted molar refractivity (Wildman–Crippen MR) is 107 cm³/mol. The monoisotopic (exact) mass is 334 g/mol. The summed E-state index contributed by atoms with van der Waals surface area (Å²) in [6.45, 7) is 0. The van der Waals surface area contributed by atoms with Crippen LogP contribution in [0.1, 0.15) is 11.1 Å². The third-order valence-corrected chi connectivity index (χ3v) is 5.00. The quantitative estimate of drug-likeness (QED) is 0.356. The molecule has 0 fully saturated rings. The molecule has 4 aromatic carbocycles. The van der Waals surface area contributed by atoms with Crippen LogP contribution in [0.4, 0.5) is 0 Å². The summed E-state index contributed by atoms with van der Waals surface area (Å²) >= 11 is 0. The molecule has 1 heteroatoms. The zero-order chi connectivity index (χ0) is 17.3. The first-order chi connectivity index (χ1) is 12.9. The summed E-state index contributed by atoms with van der Waals surface area (Å²) in [5, 5.41) is 0. The van der Waals surface area contributed by atoms with Gasteiger partial charge in [0.15, 0.2) is 0 Å². The maximum absolute atomic E-state index is 6.44. The van der Waals surface area contributed by atoms with Crippen molar-refractivity contribution in [1.29, 1.82) is 0 Å². The molecule has 5 rings (SSSR count). The van der Waals surface area contributed by atoms with E-state index in [4.69, 9.17) is 4.74 Å². The fourth-order valence-electron chi connectivity index (χ4n) is 3.75. The number of rotatable bonds is 3. The summed E-state index contributed by atoms with van der Waals surface area (Å²) in [6, 6.07) is 33.6. The van der Waals surface area contributed by atoms with Crippen LogP contribution in [-0.2, 0) is 6.42 Å². The zero-order valence-corrected chi connectivity index (χ0v) is 14.4. The Bertz CT molecular complexity index is 1080. The van der Waals surface area contributed by atoms with Crippen LogP contribution >= 0.6 is 0 Å². The van der Waals surface area contributed by atoms with Gasteiger partial charge in [-0.3, -0.25) is 0 Å². The van der Waals surface area contributed by atoms with Crippen molar-refractivity contribution in [2.45, 2.75) is 6.42 Å². The van der Waals surface area contributed by atoms with Gasteiger partial charge in [0, 0.05) is 17.5 Å². The highest BCUT2D eigenvalue weighted by Crippen LogP contribution is 2.43. The zero-order valence-electron chi connectivity index (χ0n) is 14.4. The minimum absolute atomic E-state index is 0.892. The van der Waals surface area contributed by atoms with Crippen LogP contribution in [0.3, 0.4) is 0 Å². The largest absolute Gasteiger partial charge is 0.456 e. The SMILES string of the molecule is c1ccc(-c2ccccc2Oc2cccc3c2Cc2ccccc2-3)cc1. The molecule has 0 N–H and O–H groups in total. The van der Waals surface area contributed by atoms with E-state index in [1.165, 1.54) is 27.8 Å². The molecular weight excluding hydrogens is 316 g/mol. The van der Waals surface area contributed by atoms with Crippen LogP contribution in [0.5, 0.6) is 11.5 Å². The number of hydrogen-bond acceptors (Lipinski definition) is 1. The van der Waals surface area contributed by atoms with Gasteiger partial charge in [0.1, 0.15) is 11.5 Å². The minimum atomic E-state index is 0.892. The van der Waals surface area contributed by atoms with Gasteiger partial charge in [0.25, 0.3) is 0 Å². The van der Waals surface area contributed by atoms with E-state index in [0.29, 0.717) is 0 Å². The Hall–Kier alpha value is -3.32. The van der Waals surface area contributed by atoms with Crippen LogP contribution in [0.2, 0.25) is 0 Å². The molecule has 0 aliphatic heterocycles. The average Bonchev–Trinajstić information content (AvgIpc) is 3.09. The Morgan fingerprint density at radius 2 is 1.15 bits per heavy atom. The van der Waals surface area contributed by atoms with Gasteiger partial charge < -0.3 is 4.74 Å². The topological polar surface area (TPSA) is 9.23 Å². The molecular formula is C25H18O. The maximum atomic E-state index is 6.44. The lowest BCUT2D eigenvalue weighted by Crippen LogP contribution is -1.92. The second-order valence-corrected chi connectivity index (χ2v) is 6.58. The molecule has 0 saturated heterocycles. The van der Waals surface area contributed by atoms with Gasteiger partial charge in [0.05, 0.1) is 0 Å². The summed E-state index contributed by atoms with van der Waals surface area (Å²) in [5.74, 6) is 1.84. The van der Waals surface area contributed by atoms with Gasteiger partial charge >= 0.3 is 0 Å². The lowest BCUT2D eigenvalue weighted by Gasteiger charge is -2.14. The second kappa shape index (κ2) is 6.20. The standard InChI is InChI=1S/C25H18O/c1-2-9-18(10-3-1)21-13-6-7-15-24(21)26-25-16-8-14-22-20-12-5-4-11-19(20)17-23(22)25/h1-16H,17H2. The summed E-state index contributed by atoms with van der Waals surface area (Å²) < 4.78 is 6.44. The van der Waals surface area contributed by atoms with E-state index < -0.39 is 0 Å². The first kappa shape index (κ1) is 15.0. The fourth-order valence-corrected chi connectivity index (χ4v) is 3.75. The van der Waals surface area contributed by atoms with Gasteiger partial charge in [-0.25, -0.2) is 0 Å². The Labute approximate surface area is 153 Å². The fraction of sp³-hybridized carbons (Fsp3) is 0.0400. The van der Waals surface area contributed by atoms with Crippen LogP contribution < -0.4 is 4.74 Å². The molecule has 4 aromatic rings. The van der Waals surface area contributed by atoms with Gasteiger partial charge in [0.2, 0.25) is 0 Å². The van der Waals surface area contributed by atoms with E-state index in [2.05, 4.69) is 78.9 Å². The van der Waals surface area contributed by atoms with Crippen molar-refractivity contribution in [2.24, 2.45) is 0 Å². The number of fused-ring (bicyclic) bond motifs is 3. The first-order valence-electron chi connectivity index (χ1n) is 8.92. The number of ether oxygens (including phenoxy) is 1. The number of para-hydroxylation sites is 1. The van der Waals surface area contributed by atoms with Gasteiger partial charge in [-0.15, -0.1) is 0 Å². The molecule has 0 heterocycles. The maximum Gasteiger partial charge on any atom is 0.135 e. The van der Waals surface area contributed by atoms with E-state index in [-0.39, 0.29) is 0 Å². The smallest absolute Gasteiger partial charge is 0.135 e. The van der Waals surface area contributed by atoms with Gasteiger partial charge in [-0.05, 0) is 34.4 Å². The van der Waals surface area contributed by atoms with Crippen molar-refractivity contribution >= 4 is 0 Å².